The Labute approximate surface area is 352 Å². The summed E-state index contributed by atoms with van der Waals surface area (Å²) in [6, 6.07) is 17.6. The van der Waals surface area contributed by atoms with Crippen LogP contribution in [-0.4, -0.2) is 97.8 Å². The number of benzene rings is 3. The highest BCUT2D eigenvalue weighted by Gasteiger charge is 2.31. The molecule has 5 atom stereocenters. The molecule has 3 aromatic rings. The summed E-state index contributed by atoms with van der Waals surface area (Å²) < 4.78 is 16.8. The number of rotatable bonds is 20. The summed E-state index contributed by atoms with van der Waals surface area (Å²) in [6.45, 7) is 14.9. The Morgan fingerprint density at radius 2 is 1.12 bits per heavy atom. The third-order valence-corrected chi connectivity index (χ3v) is 9.64. The molecule has 0 radical (unpaired) electrons. The minimum Gasteiger partial charge on any atom is -0.488 e. The quantitative estimate of drug-likeness (QED) is 0.0915. The smallest absolute Gasteiger partial charge is 0.407 e. The van der Waals surface area contributed by atoms with E-state index in [0.717, 1.165) is 28.7 Å². The van der Waals surface area contributed by atoms with Crippen LogP contribution in [0.5, 0.6) is 5.75 Å². The zero-order chi connectivity index (χ0) is 44.0. The molecule has 1 aliphatic carbocycles. The van der Waals surface area contributed by atoms with Gasteiger partial charge in [-0.05, 0) is 94.8 Å². The maximum absolute atomic E-state index is 13.7. The molecular formula is C45H60N6O9. The van der Waals surface area contributed by atoms with Crippen molar-refractivity contribution in [2.45, 2.75) is 110 Å². The van der Waals surface area contributed by atoms with Crippen molar-refractivity contribution in [1.29, 1.82) is 0 Å². The zero-order valence-electron chi connectivity index (χ0n) is 35.8. The Morgan fingerprint density at radius 1 is 0.617 bits per heavy atom. The fraction of sp³-hybridized carbons (Fsp3) is 0.467. The number of ether oxygens (including phenoxy) is 3. The normalized spacial score (nSPS) is 14.5. The number of hydrogen-bond donors (Lipinski definition) is 6. The summed E-state index contributed by atoms with van der Waals surface area (Å²) in [6.07, 6.45) is 0.0893. The van der Waals surface area contributed by atoms with Crippen molar-refractivity contribution in [3.63, 3.8) is 0 Å². The van der Waals surface area contributed by atoms with E-state index in [4.69, 9.17) is 14.2 Å². The molecule has 6 N–H and O–H groups in total. The highest BCUT2D eigenvalue weighted by molar-refractivity contribution is 5.96. The number of amides is 6. The second-order valence-corrected chi connectivity index (χ2v) is 15.9. The first-order chi connectivity index (χ1) is 28.5. The molecule has 60 heavy (non-hydrogen) atoms. The van der Waals surface area contributed by atoms with Crippen LogP contribution in [0.3, 0.4) is 0 Å². The topological polar surface area (TPSA) is 202 Å². The van der Waals surface area contributed by atoms with Crippen LogP contribution in [0.2, 0.25) is 0 Å². The van der Waals surface area contributed by atoms with Gasteiger partial charge in [-0.1, -0.05) is 67.6 Å². The van der Waals surface area contributed by atoms with Gasteiger partial charge in [-0.15, -0.1) is 0 Å². The van der Waals surface area contributed by atoms with Crippen LogP contribution >= 0.6 is 0 Å². The summed E-state index contributed by atoms with van der Waals surface area (Å²) in [7, 11) is 0. The van der Waals surface area contributed by atoms with E-state index in [1.807, 2.05) is 76.2 Å². The third-order valence-electron chi connectivity index (χ3n) is 9.64. The van der Waals surface area contributed by atoms with Crippen LogP contribution in [0.4, 0.5) is 4.79 Å². The highest BCUT2D eigenvalue weighted by atomic mass is 16.5. The average molecular weight is 829 g/mol. The van der Waals surface area contributed by atoms with Crippen LogP contribution in [-0.2, 0) is 39.9 Å². The van der Waals surface area contributed by atoms with Crippen LogP contribution in [0.1, 0.15) is 84.4 Å². The molecule has 0 saturated carbocycles. The number of alkyl carbamates (subject to hydrolysis) is 1. The van der Waals surface area contributed by atoms with Crippen molar-refractivity contribution in [2.24, 2.45) is 0 Å². The Hall–Kier alpha value is -5.96. The molecule has 6 amide bonds. The molecule has 0 aliphatic heterocycles. The number of hydrogen-bond acceptors (Lipinski definition) is 9. The Bertz CT molecular complexity index is 1920. The second kappa shape index (κ2) is 21.9. The molecule has 5 unspecified atom stereocenters. The standard InChI is InChI=1S/C45H60N6O9/c1-9-23-58-24-22-46-39(52)27(2)47-40(53)28(3)49-43(56)38(25-31-18-20-32(21-19-31)60-45(6,7)8)51-42(55)29(4)48-41(54)30(5)50-44(57)59-26-37-35-16-12-10-14-33(35)34-15-11-13-17-36(34)37/h10-21,27-30,37-38H,9,22-26H2,1-8H3,(H,46,52)(H,47,53)(H,48,54)(H,49,56)(H,50,57)(H,51,55). The number of carbonyl (C=O) groups is 6. The van der Waals surface area contributed by atoms with E-state index in [2.05, 4.69) is 31.9 Å². The number of carbonyl (C=O) groups excluding carboxylic acids is 6. The van der Waals surface area contributed by atoms with Gasteiger partial charge in [-0.2, -0.15) is 0 Å². The summed E-state index contributed by atoms with van der Waals surface area (Å²) in [5, 5.41) is 15.7. The Balaban J connectivity index is 1.34. The lowest BCUT2D eigenvalue weighted by molar-refractivity contribution is -0.134. The highest BCUT2D eigenvalue weighted by Crippen LogP contribution is 2.44. The van der Waals surface area contributed by atoms with Crippen LogP contribution in [0, 0.1) is 0 Å². The minimum absolute atomic E-state index is 0.0288. The molecule has 0 bridgehead atoms. The van der Waals surface area contributed by atoms with Crippen molar-refractivity contribution in [2.75, 3.05) is 26.4 Å². The largest absolute Gasteiger partial charge is 0.488 e. The van der Waals surface area contributed by atoms with E-state index in [1.165, 1.54) is 27.7 Å². The van der Waals surface area contributed by atoms with E-state index in [-0.39, 0.29) is 25.5 Å². The molecule has 0 heterocycles. The number of fused-ring (bicyclic) bond motifs is 3. The van der Waals surface area contributed by atoms with Gasteiger partial charge in [0.1, 0.15) is 48.2 Å². The molecule has 0 aromatic heterocycles. The van der Waals surface area contributed by atoms with Crippen molar-refractivity contribution < 1.29 is 43.0 Å². The van der Waals surface area contributed by atoms with E-state index < -0.39 is 71.4 Å². The summed E-state index contributed by atoms with van der Waals surface area (Å²) in [4.78, 5) is 78.7. The molecular weight excluding hydrogens is 769 g/mol. The fourth-order valence-corrected chi connectivity index (χ4v) is 6.50. The summed E-state index contributed by atoms with van der Waals surface area (Å²) in [5.41, 5.74) is 4.51. The second-order valence-electron chi connectivity index (χ2n) is 15.9. The minimum atomic E-state index is -1.18. The average Bonchev–Trinajstić information content (AvgIpc) is 3.52. The molecule has 324 valence electrons. The van der Waals surface area contributed by atoms with Crippen LogP contribution in [0.25, 0.3) is 11.1 Å². The van der Waals surface area contributed by atoms with Crippen molar-refractivity contribution in [1.82, 2.24) is 31.9 Å². The van der Waals surface area contributed by atoms with Gasteiger partial charge in [0.25, 0.3) is 0 Å². The van der Waals surface area contributed by atoms with Crippen LogP contribution in [0.15, 0.2) is 72.8 Å². The fourth-order valence-electron chi connectivity index (χ4n) is 6.50. The van der Waals surface area contributed by atoms with Gasteiger partial charge in [0.05, 0.1) is 6.61 Å². The summed E-state index contributed by atoms with van der Waals surface area (Å²) in [5.74, 6) is -2.58. The summed E-state index contributed by atoms with van der Waals surface area (Å²) >= 11 is 0. The van der Waals surface area contributed by atoms with Gasteiger partial charge in [0.15, 0.2) is 0 Å². The SMILES string of the molecule is CCCOCCNC(=O)C(C)NC(=O)C(C)NC(=O)C(Cc1ccc(OC(C)(C)C)cc1)NC(=O)C(C)NC(=O)C(C)NC(=O)OCC1c2ccccc2-c2ccccc21. The van der Waals surface area contributed by atoms with E-state index >= 15 is 0 Å². The molecule has 15 nitrogen and oxygen atoms in total. The molecule has 0 saturated heterocycles. The van der Waals surface area contributed by atoms with Gasteiger partial charge in [-0.3, -0.25) is 24.0 Å². The van der Waals surface area contributed by atoms with E-state index in [1.54, 1.807) is 24.3 Å². The molecule has 15 heteroatoms. The van der Waals surface area contributed by atoms with Crippen LogP contribution < -0.4 is 36.6 Å². The third kappa shape index (κ3) is 13.8. The van der Waals surface area contributed by atoms with Gasteiger partial charge in [0, 0.05) is 25.5 Å². The molecule has 0 spiro atoms. The van der Waals surface area contributed by atoms with E-state index in [0.29, 0.717) is 24.5 Å². The van der Waals surface area contributed by atoms with Gasteiger partial charge < -0.3 is 46.1 Å². The monoisotopic (exact) mass is 828 g/mol. The zero-order valence-corrected chi connectivity index (χ0v) is 35.8. The maximum atomic E-state index is 13.7. The molecule has 1 aliphatic rings. The number of nitrogens with one attached hydrogen (secondary N) is 6. The van der Waals surface area contributed by atoms with Crippen molar-refractivity contribution >= 4 is 35.6 Å². The first-order valence-corrected chi connectivity index (χ1v) is 20.4. The predicted molar refractivity (Wildman–Crippen MR) is 227 cm³/mol. The lowest BCUT2D eigenvalue weighted by atomic mass is 9.98. The predicted octanol–water partition coefficient (Wildman–Crippen LogP) is 3.88. The van der Waals surface area contributed by atoms with E-state index in [9.17, 15) is 28.8 Å². The lowest BCUT2D eigenvalue weighted by Gasteiger charge is -2.25. The molecule has 0 fully saturated rings. The van der Waals surface area contributed by atoms with Crippen molar-refractivity contribution in [3.05, 3.63) is 89.5 Å². The lowest BCUT2D eigenvalue weighted by Crippen LogP contribution is -2.58. The first kappa shape index (κ1) is 46.7. The Kier molecular flexibility index (Phi) is 17.0. The molecule has 4 rings (SSSR count). The first-order valence-electron chi connectivity index (χ1n) is 20.4. The van der Waals surface area contributed by atoms with Gasteiger partial charge in [0.2, 0.25) is 29.5 Å². The maximum Gasteiger partial charge on any atom is 0.407 e. The molecule has 3 aromatic carbocycles. The van der Waals surface area contributed by atoms with Gasteiger partial charge >= 0.3 is 6.09 Å². The van der Waals surface area contributed by atoms with Gasteiger partial charge in [-0.25, -0.2) is 4.79 Å². The Morgan fingerprint density at radius 3 is 1.67 bits per heavy atom. The van der Waals surface area contributed by atoms with Crippen molar-refractivity contribution in [3.8, 4) is 16.9 Å².